The molecule has 2 aromatic rings. The van der Waals surface area contributed by atoms with Gasteiger partial charge in [-0.2, -0.15) is 9.40 Å². The van der Waals surface area contributed by atoms with E-state index in [-0.39, 0.29) is 11.1 Å². The van der Waals surface area contributed by atoms with Crippen LogP contribution in [0.2, 0.25) is 0 Å². The third-order valence-electron chi connectivity index (χ3n) is 3.67. The lowest BCUT2D eigenvalue weighted by Crippen LogP contribution is -2.30. The molecule has 0 radical (unpaired) electrons. The number of aromatic amines is 1. The predicted molar refractivity (Wildman–Crippen MR) is 71.0 cm³/mol. The second kappa shape index (κ2) is 4.47. The first-order chi connectivity index (χ1) is 9.10. The van der Waals surface area contributed by atoms with Gasteiger partial charge in [0.25, 0.3) is 10.0 Å². The summed E-state index contributed by atoms with van der Waals surface area (Å²) in [6.07, 6.45) is 3.19. The zero-order chi connectivity index (χ0) is 13.5. The smallest absolute Gasteiger partial charge is 0.260 e. The van der Waals surface area contributed by atoms with Crippen molar-refractivity contribution < 1.29 is 8.42 Å². The van der Waals surface area contributed by atoms with E-state index in [9.17, 15) is 8.42 Å². The zero-order valence-corrected chi connectivity index (χ0v) is 11.4. The number of aromatic nitrogens is 2. The molecule has 1 atom stereocenters. The first kappa shape index (κ1) is 12.4. The van der Waals surface area contributed by atoms with E-state index in [1.165, 1.54) is 22.1 Å². The SMILES string of the molecule is CN(C1CCc2ccccc21)S(=O)(=O)c1ccn[nH]1. The minimum absolute atomic E-state index is 0.0931. The highest BCUT2D eigenvalue weighted by Gasteiger charge is 2.33. The molecule has 1 aliphatic rings. The standard InChI is InChI=1S/C13H15N3O2S/c1-16(19(17,18)13-8-9-14-15-13)12-7-6-10-4-2-3-5-11(10)12/h2-5,8-9,12H,6-7H2,1H3,(H,14,15). The Morgan fingerprint density at radius 2 is 2.11 bits per heavy atom. The molecular formula is C13H15N3O2S. The molecule has 0 saturated heterocycles. The van der Waals surface area contributed by atoms with Crippen LogP contribution in [0, 0.1) is 0 Å². The van der Waals surface area contributed by atoms with Crippen LogP contribution in [0.1, 0.15) is 23.6 Å². The van der Waals surface area contributed by atoms with Gasteiger partial charge in [-0.1, -0.05) is 24.3 Å². The second-order valence-electron chi connectivity index (χ2n) is 4.70. The number of hydrogen-bond acceptors (Lipinski definition) is 3. The van der Waals surface area contributed by atoms with Crippen LogP contribution in [0.15, 0.2) is 41.6 Å². The van der Waals surface area contributed by atoms with Crippen molar-refractivity contribution in [2.24, 2.45) is 0 Å². The molecule has 1 aliphatic carbocycles. The van der Waals surface area contributed by atoms with Gasteiger partial charge in [-0.05, 0) is 30.0 Å². The van der Waals surface area contributed by atoms with Crippen molar-refractivity contribution in [1.29, 1.82) is 0 Å². The molecule has 19 heavy (non-hydrogen) atoms. The van der Waals surface area contributed by atoms with Gasteiger partial charge in [0.05, 0.1) is 12.2 Å². The van der Waals surface area contributed by atoms with Gasteiger partial charge in [0.1, 0.15) is 0 Å². The third-order valence-corrected chi connectivity index (χ3v) is 5.47. The van der Waals surface area contributed by atoms with Gasteiger partial charge < -0.3 is 0 Å². The molecule has 1 aromatic carbocycles. The zero-order valence-electron chi connectivity index (χ0n) is 10.6. The predicted octanol–water partition coefficient (Wildman–Crippen LogP) is 1.72. The number of aryl methyl sites for hydroxylation is 1. The van der Waals surface area contributed by atoms with E-state index in [1.807, 2.05) is 18.2 Å². The van der Waals surface area contributed by atoms with Gasteiger partial charge in [0.15, 0.2) is 5.03 Å². The Balaban J connectivity index is 1.97. The van der Waals surface area contributed by atoms with Gasteiger partial charge in [0, 0.05) is 7.05 Å². The van der Waals surface area contributed by atoms with Gasteiger partial charge >= 0.3 is 0 Å². The van der Waals surface area contributed by atoms with Crippen LogP contribution >= 0.6 is 0 Å². The molecule has 1 heterocycles. The number of sulfonamides is 1. The number of fused-ring (bicyclic) bond motifs is 1. The van der Waals surface area contributed by atoms with Crippen molar-refractivity contribution in [3.8, 4) is 0 Å². The Morgan fingerprint density at radius 3 is 2.84 bits per heavy atom. The highest BCUT2D eigenvalue weighted by molar-refractivity contribution is 7.89. The highest BCUT2D eigenvalue weighted by Crippen LogP contribution is 2.37. The van der Waals surface area contributed by atoms with E-state index in [0.29, 0.717) is 0 Å². The molecule has 1 aromatic heterocycles. The van der Waals surface area contributed by atoms with E-state index >= 15 is 0 Å². The molecule has 100 valence electrons. The number of nitrogens with zero attached hydrogens (tertiary/aromatic N) is 2. The largest absolute Gasteiger partial charge is 0.266 e. The Labute approximate surface area is 112 Å². The number of benzene rings is 1. The quantitative estimate of drug-likeness (QED) is 0.929. The van der Waals surface area contributed by atoms with E-state index < -0.39 is 10.0 Å². The molecule has 1 N–H and O–H groups in total. The van der Waals surface area contributed by atoms with E-state index in [2.05, 4.69) is 16.3 Å². The Morgan fingerprint density at radius 1 is 1.32 bits per heavy atom. The van der Waals surface area contributed by atoms with Crippen molar-refractivity contribution in [3.05, 3.63) is 47.7 Å². The van der Waals surface area contributed by atoms with Crippen molar-refractivity contribution in [3.63, 3.8) is 0 Å². The fourth-order valence-electron chi connectivity index (χ4n) is 2.62. The van der Waals surface area contributed by atoms with Crippen LogP contribution in [0.4, 0.5) is 0 Å². The Hall–Kier alpha value is -1.66. The summed E-state index contributed by atoms with van der Waals surface area (Å²) < 4.78 is 26.3. The molecule has 3 rings (SSSR count). The summed E-state index contributed by atoms with van der Waals surface area (Å²) in [5.41, 5.74) is 2.34. The molecule has 6 heteroatoms. The second-order valence-corrected chi connectivity index (χ2v) is 6.66. The molecule has 0 aliphatic heterocycles. The summed E-state index contributed by atoms with van der Waals surface area (Å²) in [6.45, 7) is 0. The van der Waals surface area contributed by atoms with Crippen LogP contribution in [-0.2, 0) is 16.4 Å². The number of H-pyrrole nitrogens is 1. The van der Waals surface area contributed by atoms with Crippen LogP contribution < -0.4 is 0 Å². The lowest BCUT2D eigenvalue weighted by atomic mass is 10.1. The molecule has 0 saturated carbocycles. The molecule has 0 spiro atoms. The fourth-order valence-corrected chi connectivity index (χ4v) is 3.89. The van der Waals surface area contributed by atoms with Gasteiger partial charge in [-0.25, -0.2) is 8.42 Å². The van der Waals surface area contributed by atoms with E-state index in [0.717, 1.165) is 18.4 Å². The van der Waals surface area contributed by atoms with Crippen LogP contribution in [-0.4, -0.2) is 30.0 Å². The molecule has 1 unspecified atom stereocenters. The minimum Gasteiger partial charge on any atom is -0.266 e. The highest BCUT2D eigenvalue weighted by atomic mass is 32.2. The molecular weight excluding hydrogens is 262 g/mol. The van der Waals surface area contributed by atoms with Crippen molar-refractivity contribution in [1.82, 2.24) is 14.5 Å². The van der Waals surface area contributed by atoms with E-state index in [1.54, 1.807) is 7.05 Å². The van der Waals surface area contributed by atoms with Gasteiger partial charge in [0.2, 0.25) is 0 Å². The first-order valence-corrected chi connectivity index (χ1v) is 7.60. The van der Waals surface area contributed by atoms with Crippen LogP contribution in [0.5, 0.6) is 0 Å². The Bertz CT molecular complexity index is 680. The maximum absolute atomic E-state index is 12.4. The fraction of sp³-hybridized carbons (Fsp3) is 0.308. The van der Waals surface area contributed by atoms with Crippen LogP contribution in [0.25, 0.3) is 0 Å². The topological polar surface area (TPSA) is 66.1 Å². The number of hydrogen-bond donors (Lipinski definition) is 1. The number of rotatable bonds is 3. The van der Waals surface area contributed by atoms with Gasteiger partial charge in [-0.15, -0.1) is 0 Å². The minimum atomic E-state index is -3.51. The summed E-state index contributed by atoms with van der Waals surface area (Å²) in [6, 6.07) is 9.40. The maximum Gasteiger partial charge on any atom is 0.260 e. The summed E-state index contributed by atoms with van der Waals surface area (Å²) in [5.74, 6) is 0. The third kappa shape index (κ3) is 1.97. The summed E-state index contributed by atoms with van der Waals surface area (Å²) >= 11 is 0. The van der Waals surface area contributed by atoms with Crippen molar-refractivity contribution in [2.45, 2.75) is 23.9 Å². The average molecular weight is 277 g/mol. The summed E-state index contributed by atoms with van der Waals surface area (Å²) in [7, 11) is -1.88. The van der Waals surface area contributed by atoms with Crippen LogP contribution in [0.3, 0.4) is 0 Å². The first-order valence-electron chi connectivity index (χ1n) is 6.16. The molecule has 0 fully saturated rings. The maximum atomic E-state index is 12.4. The van der Waals surface area contributed by atoms with Crippen molar-refractivity contribution >= 4 is 10.0 Å². The lowest BCUT2D eigenvalue weighted by molar-refractivity contribution is 0.373. The summed E-state index contributed by atoms with van der Waals surface area (Å²) in [5, 5.41) is 6.38. The summed E-state index contributed by atoms with van der Waals surface area (Å²) in [4.78, 5) is 0. The van der Waals surface area contributed by atoms with Gasteiger partial charge in [-0.3, -0.25) is 5.10 Å². The average Bonchev–Trinajstić information content (AvgIpc) is 3.07. The molecule has 0 bridgehead atoms. The van der Waals surface area contributed by atoms with Crippen molar-refractivity contribution in [2.75, 3.05) is 7.05 Å². The lowest BCUT2D eigenvalue weighted by Gasteiger charge is -2.23. The monoisotopic (exact) mass is 277 g/mol. The Kier molecular flexibility index (Phi) is 2.91. The molecule has 5 nitrogen and oxygen atoms in total. The normalized spacial score (nSPS) is 18.7. The van der Waals surface area contributed by atoms with E-state index in [4.69, 9.17) is 0 Å². The number of nitrogens with one attached hydrogen (secondary N) is 1. The molecule has 0 amide bonds.